The van der Waals surface area contributed by atoms with Crippen LogP contribution in [0.25, 0.3) is 0 Å². The average molecular weight is 310 g/mol. The van der Waals surface area contributed by atoms with E-state index in [4.69, 9.17) is 11.6 Å². The van der Waals surface area contributed by atoms with Gasteiger partial charge in [-0.1, -0.05) is 18.0 Å². The molecule has 1 saturated carbocycles. The average Bonchev–Trinajstić information content (AvgIpc) is 2.91. The number of ketones is 1. The molecule has 1 aromatic rings. The van der Waals surface area contributed by atoms with Crippen molar-refractivity contribution >= 4 is 17.4 Å². The molecule has 2 unspecified atom stereocenters. The summed E-state index contributed by atoms with van der Waals surface area (Å²) >= 11 is 5.97. The van der Waals surface area contributed by atoms with Gasteiger partial charge in [0.25, 0.3) is 0 Å². The standard InChI is InChI=1S/C17H21ClFNO/c18-13-7-8-15(19)12(10-13)11-20-9-3-5-16(20)14-4-1-2-6-17(14)21/h7-8,10,14,16H,1-6,9,11H2. The Balaban J connectivity index is 1.74. The highest BCUT2D eigenvalue weighted by Gasteiger charge is 2.36. The van der Waals surface area contributed by atoms with Gasteiger partial charge in [-0.25, -0.2) is 4.39 Å². The van der Waals surface area contributed by atoms with Gasteiger partial charge in [-0.05, 0) is 50.4 Å². The maximum absolute atomic E-state index is 13.9. The van der Waals surface area contributed by atoms with Crippen molar-refractivity contribution < 1.29 is 9.18 Å². The Bertz CT molecular complexity index is 534. The molecule has 4 heteroatoms. The van der Waals surface area contributed by atoms with Crippen LogP contribution in [-0.4, -0.2) is 23.3 Å². The molecule has 0 spiro atoms. The quantitative estimate of drug-likeness (QED) is 0.834. The van der Waals surface area contributed by atoms with Crippen LogP contribution in [0.15, 0.2) is 18.2 Å². The van der Waals surface area contributed by atoms with Crippen molar-refractivity contribution in [2.75, 3.05) is 6.54 Å². The Hall–Kier alpha value is -0.930. The lowest BCUT2D eigenvalue weighted by Gasteiger charge is -2.33. The van der Waals surface area contributed by atoms with Crippen molar-refractivity contribution in [1.29, 1.82) is 0 Å². The number of Topliss-reactive ketones (excluding diaryl/α,β-unsaturated/α-hetero) is 1. The number of benzene rings is 1. The Labute approximate surface area is 130 Å². The molecule has 2 aliphatic rings. The molecular weight excluding hydrogens is 289 g/mol. The van der Waals surface area contributed by atoms with Crippen LogP contribution in [0.4, 0.5) is 4.39 Å². The minimum atomic E-state index is -0.208. The second kappa shape index (κ2) is 6.45. The van der Waals surface area contributed by atoms with Gasteiger partial charge < -0.3 is 0 Å². The van der Waals surface area contributed by atoms with Crippen LogP contribution in [0.2, 0.25) is 5.02 Å². The van der Waals surface area contributed by atoms with E-state index in [1.807, 2.05) is 0 Å². The summed E-state index contributed by atoms with van der Waals surface area (Å²) in [5, 5.41) is 0.566. The fraction of sp³-hybridized carbons (Fsp3) is 0.588. The van der Waals surface area contributed by atoms with E-state index in [0.29, 0.717) is 22.9 Å². The fourth-order valence-corrected chi connectivity index (χ4v) is 4.00. The first-order chi connectivity index (χ1) is 10.1. The van der Waals surface area contributed by atoms with Gasteiger partial charge in [-0.3, -0.25) is 9.69 Å². The van der Waals surface area contributed by atoms with E-state index >= 15 is 0 Å². The van der Waals surface area contributed by atoms with Crippen LogP contribution < -0.4 is 0 Å². The predicted molar refractivity (Wildman–Crippen MR) is 81.8 cm³/mol. The molecule has 0 aromatic heterocycles. The summed E-state index contributed by atoms with van der Waals surface area (Å²) in [7, 11) is 0. The molecule has 1 aliphatic heterocycles. The Morgan fingerprint density at radius 3 is 2.90 bits per heavy atom. The number of hydrogen-bond acceptors (Lipinski definition) is 2. The lowest BCUT2D eigenvalue weighted by molar-refractivity contribution is -0.126. The van der Waals surface area contributed by atoms with Crippen molar-refractivity contribution in [3.63, 3.8) is 0 Å². The van der Waals surface area contributed by atoms with Gasteiger partial charge in [0.05, 0.1) is 0 Å². The van der Waals surface area contributed by atoms with Crippen LogP contribution in [0, 0.1) is 11.7 Å². The summed E-state index contributed by atoms with van der Waals surface area (Å²) in [5.41, 5.74) is 0.637. The number of rotatable bonds is 3. The maximum Gasteiger partial charge on any atom is 0.137 e. The summed E-state index contributed by atoms with van der Waals surface area (Å²) in [5.74, 6) is 0.355. The zero-order chi connectivity index (χ0) is 14.8. The van der Waals surface area contributed by atoms with Gasteiger partial charge in [0.15, 0.2) is 0 Å². The molecule has 114 valence electrons. The van der Waals surface area contributed by atoms with E-state index in [1.54, 1.807) is 12.1 Å². The fourth-order valence-electron chi connectivity index (χ4n) is 3.80. The number of halogens is 2. The third-order valence-corrected chi connectivity index (χ3v) is 5.10. The molecule has 2 atom stereocenters. The lowest BCUT2D eigenvalue weighted by atomic mass is 9.81. The molecule has 1 saturated heterocycles. The Kier molecular flexibility index (Phi) is 4.60. The monoisotopic (exact) mass is 309 g/mol. The van der Waals surface area contributed by atoms with Crippen LogP contribution in [0.3, 0.4) is 0 Å². The molecular formula is C17H21ClFNO. The van der Waals surface area contributed by atoms with E-state index in [0.717, 1.165) is 45.1 Å². The molecule has 0 amide bonds. The predicted octanol–water partition coefficient (Wildman–Crippen LogP) is 4.20. The SMILES string of the molecule is O=C1CCCCC1C1CCCN1Cc1cc(Cl)ccc1F. The number of hydrogen-bond donors (Lipinski definition) is 0. The molecule has 0 N–H and O–H groups in total. The number of carbonyl (C=O) groups is 1. The summed E-state index contributed by atoms with van der Waals surface area (Å²) < 4.78 is 13.9. The summed E-state index contributed by atoms with van der Waals surface area (Å²) in [6, 6.07) is 4.99. The minimum Gasteiger partial charge on any atom is -0.299 e. The highest BCUT2D eigenvalue weighted by atomic mass is 35.5. The second-order valence-electron chi connectivity index (χ2n) is 6.23. The Morgan fingerprint density at radius 1 is 1.24 bits per heavy atom. The molecule has 2 fully saturated rings. The minimum absolute atomic E-state index is 0.156. The highest BCUT2D eigenvalue weighted by molar-refractivity contribution is 6.30. The van der Waals surface area contributed by atoms with Crippen molar-refractivity contribution in [1.82, 2.24) is 4.90 Å². The van der Waals surface area contributed by atoms with Gasteiger partial charge >= 0.3 is 0 Å². The van der Waals surface area contributed by atoms with Crippen LogP contribution in [0.5, 0.6) is 0 Å². The highest BCUT2D eigenvalue weighted by Crippen LogP contribution is 2.33. The molecule has 1 heterocycles. The number of carbonyl (C=O) groups excluding carboxylic acids is 1. The Morgan fingerprint density at radius 2 is 2.10 bits per heavy atom. The number of nitrogens with zero attached hydrogens (tertiary/aromatic N) is 1. The first-order valence-corrected chi connectivity index (χ1v) is 8.23. The summed E-state index contributed by atoms with van der Waals surface area (Å²) in [6.45, 7) is 1.50. The summed E-state index contributed by atoms with van der Waals surface area (Å²) in [6.07, 6.45) is 6.05. The first kappa shape index (κ1) is 15.0. The van der Waals surface area contributed by atoms with Crippen LogP contribution in [0.1, 0.15) is 44.1 Å². The zero-order valence-corrected chi connectivity index (χ0v) is 12.9. The van der Waals surface area contributed by atoms with E-state index in [9.17, 15) is 9.18 Å². The van der Waals surface area contributed by atoms with E-state index in [-0.39, 0.29) is 17.8 Å². The number of likely N-dealkylation sites (tertiary alicyclic amines) is 1. The maximum atomic E-state index is 13.9. The van der Waals surface area contributed by atoms with Crippen molar-refractivity contribution in [2.45, 2.75) is 51.1 Å². The van der Waals surface area contributed by atoms with Crippen molar-refractivity contribution in [3.05, 3.63) is 34.6 Å². The second-order valence-corrected chi connectivity index (χ2v) is 6.67. The van der Waals surface area contributed by atoms with E-state index in [1.165, 1.54) is 6.07 Å². The van der Waals surface area contributed by atoms with Crippen molar-refractivity contribution in [2.24, 2.45) is 5.92 Å². The van der Waals surface area contributed by atoms with Gasteiger partial charge in [0, 0.05) is 35.5 Å². The molecule has 3 rings (SSSR count). The third-order valence-electron chi connectivity index (χ3n) is 4.86. The molecule has 0 radical (unpaired) electrons. The van der Waals surface area contributed by atoms with Crippen LogP contribution in [-0.2, 0) is 11.3 Å². The molecule has 0 bridgehead atoms. The van der Waals surface area contributed by atoms with Gasteiger partial charge in [-0.15, -0.1) is 0 Å². The molecule has 2 nitrogen and oxygen atoms in total. The van der Waals surface area contributed by atoms with Gasteiger partial charge in [0.1, 0.15) is 11.6 Å². The zero-order valence-electron chi connectivity index (χ0n) is 12.2. The largest absolute Gasteiger partial charge is 0.299 e. The summed E-state index contributed by atoms with van der Waals surface area (Å²) in [4.78, 5) is 14.5. The third kappa shape index (κ3) is 3.29. The lowest BCUT2D eigenvalue weighted by Crippen LogP contribution is -2.40. The topological polar surface area (TPSA) is 20.3 Å². The van der Waals surface area contributed by atoms with E-state index in [2.05, 4.69) is 4.90 Å². The molecule has 21 heavy (non-hydrogen) atoms. The smallest absolute Gasteiger partial charge is 0.137 e. The first-order valence-electron chi connectivity index (χ1n) is 7.86. The van der Waals surface area contributed by atoms with E-state index < -0.39 is 0 Å². The van der Waals surface area contributed by atoms with Gasteiger partial charge in [-0.2, -0.15) is 0 Å². The molecule has 1 aromatic carbocycles. The normalized spacial score (nSPS) is 27.2. The molecule has 1 aliphatic carbocycles. The van der Waals surface area contributed by atoms with Crippen LogP contribution >= 0.6 is 11.6 Å². The van der Waals surface area contributed by atoms with Crippen molar-refractivity contribution in [3.8, 4) is 0 Å². The van der Waals surface area contributed by atoms with Gasteiger partial charge in [0.2, 0.25) is 0 Å².